The third-order valence-electron chi connectivity index (χ3n) is 10.2. The lowest BCUT2D eigenvalue weighted by molar-refractivity contribution is 0.148. The van der Waals surface area contributed by atoms with Crippen LogP contribution in [-0.2, 0) is 5.41 Å². The molecule has 4 atom stereocenters. The number of benzene rings is 4. The van der Waals surface area contributed by atoms with E-state index in [0.717, 1.165) is 12.8 Å². The molecule has 0 saturated carbocycles. The van der Waals surface area contributed by atoms with E-state index in [0.29, 0.717) is 17.8 Å². The average molecular weight is 541 g/mol. The Morgan fingerprint density at radius 3 is 2.00 bits per heavy atom. The summed E-state index contributed by atoms with van der Waals surface area (Å²) in [4.78, 5) is 0. The maximum atomic E-state index is 2.59. The van der Waals surface area contributed by atoms with Crippen LogP contribution in [0.15, 0.2) is 103 Å². The fraction of sp³-hybridized carbons (Fsp3) is 0.366. The van der Waals surface area contributed by atoms with Gasteiger partial charge in [0.2, 0.25) is 0 Å². The molecule has 1 aliphatic rings. The van der Waals surface area contributed by atoms with E-state index in [1.54, 1.807) is 0 Å². The van der Waals surface area contributed by atoms with Crippen LogP contribution in [0, 0.1) is 39.0 Å². The number of allylic oxidation sites excluding steroid dienone is 2. The maximum Gasteiger partial charge on any atom is 0.0257 e. The highest BCUT2D eigenvalue weighted by Crippen LogP contribution is 2.61. The van der Waals surface area contributed by atoms with Crippen LogP contribution >= 0.6 is 0 Å². The molecule has 4 aromatic rings. The van der Waals surface area contributed by atoms with Crippen LogP contribution in [0.1, 0.15) is 91.3 Å². The second-order valence-corrected chi connectivity index (χ2v) is 13.5. The Kier molecular flexibility index (Phi) is 8.15. The van der Waals surface area contributed by atoms with Gasteiger partial charge in [0, 0.05) is 11.3 Å². The molecule has 0 aliphatic heterocycles. The predicted molar refractivity (Wildman–Crippen MR) is 178 cm³/mol. The lowest BCUT2D eigenvalue weighted by Gasteiger charge is -2.50. The van der Waals surface area contributed by atoms with E-state index in [4.69, 9.17) is 0 Å². The Bertz CT molecular complexity index is 1520. The van der Waals surface area contributed by atoms with E-state index in [1.165, 1.54) is 50.1 Å². The maximum absolute atomic E-state index is 2.59. The first-order valence-corrected chi connectivity index (χ1v) is 15.5. The fourth-order valence-corrected chi connectivity index (χ4v) is 7.58. The van der Waals surface area contributed by atoms with Crippen molar-refractivity contribution in [3.8, 4) is 11.1 Å². The van der Waals surface area contributed by atoms with Gasteiger partial charge in [-0.25, -0.2) is 0 Å². The predicted octanol–water partition coefficient (Wildman–Crippen LogP) is 11.4. The van der Waals surface area contributed by atoms with E-state index in [2.05, 4.69) is 159 Å². The van der Waals surface area contributed by atoms with Crippen molar-refractivity contribution in [3.05, 3.63) is 142 Å². The molecule has 0 heterocycles. The second kappa shape index (κ2) is 11.5. The molecular formula is C41H48. The molecule has 0 aromatic heterocycles. The summed E-state index contributed by atoms with van der Waals surface area (Å²) in [5.41, 5.74) is 12.4. The lowest BCUT2D eigenvalue weighted by Crippen LogP contribution is -2.45. The number of rotatable bonds is 8. The Balaban J connectivity index is 1.50. The van der Waals surface area contributed by atoms with Crippen molar-refractivity contribution in [3.63, 3.8) is 0 Å². The smallest absolute Gasteiger partial charge is 0.0257 e. The zero-order valence-corrected chi connectivity index (χ0v) is 26.5. The first kappa shape index (κ1) is 29.1. The monoisotopic (exact) mass is 540 g/mol. The highest BCUT2D eigenvalue weighted by atomic mass is 14.6. The molecule has 0 fully saturated rings. The molecule has 0 heteroatoms. The number of hydrogen-bond donors (Lipinski definition) is 0. The number of hydrogen-bond acceptors (Lipinski definition) is 0. The van der Waals surface area contributed by atoms with Crippen LogP contribution in [0.4, 0.5) is 0 Å². The summed E-state index contributed by atoms with van der Waals surface area (Å²) in [5.74, 6) is 1.36. The van der Waals surface area contributed by atoms with Gasteiger partial charge in [0.05, 0.1) is 0 Å². The van der Waals surface area contributed by atoms with E-state index < -0.39 is 0 Å². The highest BCUT2D eigenvalue weighted by molar-refractivity contribution is 5.65. The van der Waals surface area contributed by atoms with Crippen molar-refractivity contribution in [1.29, 1.82) is 0 Å². The summed E-state index contributed by atoms with van der Waals surface area (Å²) in [6.45, 7) is 18.8. The molecule has 0 bridgehead atoms. The molecule has 4 aromatic carbocycles. The second-order valence-electron chi connectivity index (χ2n) is 13.5. The topological polar surface area (TPSA) is 0 Å². The largest absolute Gasteiger partial charge is 0.0841 e. The molecule has 0 saturated heterocycles. The molecule has 0 radical (unpaired) electrons. The van der Waals surface area contributed by atoms with Crippen LogP contribution in [0.25, 0.3) is 11.1 Å². The Labute approximate surface area is 249 Å². The summed E-state index contributed by atoms with van der Waals surface area (Å²) in [5, 5.41) is 0. The van der Waals surface area contributed by atoms with Gasteiger partial charge in [-0.2, -0.15) is 0 Å². The van der Waals surface area contributed by atoms with Gasteiger partial charge < -0.3 is 0 Å². The molecule has 0 spiro atoms. The van der Waals surface area contributed by atoms with Crippen molar-refractivity contribution in [2.75, 3.05) is 0 Å². The van der Waals surface area contributed by atoms with Gasteiger partial charge >= 0.3 is 0 Å². The Morgan fingerprint density at radius 1 is 0.732 bits per heavy atom. The summed E-state index contributed by atoms with van der Waals surface area (Å²) in [6, 6.07) is 34.5. The van der Waals surface area contributed by atoms with E-state index >= 15 is 0 Å². The molecule has 41 heavy (non-hydrogen) atoms. The van der Waals surface area contributed by atoms with Gasteiger partial charge in [0.15, 0.2) is 0 Å². The van der Waals surface area contributed by atoms with E-state index in [1.807, 2.05) is 0 Å². The van der Waals surface area contributed by atoms with Crippen LogP contribution < -0.4 is 0 Å². The Hall–Kier alpha value is -3.38. The van der Waals surface area contributed by atoms with Crippen molar-refractivity contribution >= 4 is 0 Å². The van der Waals surface area contributed by atoms with Gasteiger partial charge in [-0.05, 0) is 96.7 Å². The van der Waals surface area contributed by atoms with Gasteiger partial charge in [-0.1, -0.05) is 142 Å². The normalized spacial score (nSPS) is 21.3. The van der Waals surface area contributed by atoms with Gasteiger partial charge in [0.1, 0.15) is 0 Å². The minimum Gasteiger partial charge on any atom is -0.0841 e. The SMILES string of the molecule is Cc1ccc(-c2ccc(C)c(C(C)CCC(C)(C)C3(c4ccc(C)cc4)C=CC(C)C3c3ccccc3C)c2)cc1. The van der Waals surface area contributed by atoms with Gasteiger partial charge in [-0.15, -0.1) is 0 Å². The Morgan fingerprint density at radius 2 is 1.34 bits per heavy atom. The number of aryl methyl sites for hydroxylation is 4. The van der Waals surface area contributed by atoms with Crippen molar-refractivity contribution in [2.24, 2.45) is 11.3 Å². The fourth-order valence-electron chi connectivity index (χ4n) is 7.58. The zero-order valence-electron chi connectivity index (χ0n) is 26.5. The van der Waals surface area contributed by atoms with Gasteiger partial charge in [0.25, 0.3) is 0 Å². The minimum atomic E-state index is -0.0786. The summed E-state index contributed by atoms with van der Waals surface area (Å²) < 4.78 is 0. The van der Waals surface area contributed by atoms with Crippen LogP contribution in [0.5, 0.6) is 0 Å². The third kappa shape index (κ3) is 5.46. The molecule has 4 unspecified atom stereocenters. The quantitative estimate of drug-likeness (QED) is 0.195. The summed E-state index contributed by atoms with van der Waals surface area (Å²) in [7, 11) is 0. The first-order chi connectivity index (χ1) is 19.5. The first-order valence-electron chi connectivity index (χ1n) is 15.5. The van der Waals surface area contributed by atoms with Crippen LogP contribution in [0.2, 0.25) is 0 Å². The van der Waals surface area contributed by atoms with Crippen LogP contribution in [0.3, 0.4) is 0 Å². The summed E-state index contributed by atoms with van der Waals surface area (Å²) >= 11 is 0. The van der Waals surface area contributed by atoms with E-state index in [9.17, 15) is 0 Å². The molecule has 212 valence electrons. The highest BCUT2D eigenvalue weighted by Gasteiger charge is 2.54. The molecule has 0 nitrogen and oxygen atoms in total. The third-order valence-corrected chi connectivity index (χ3v) is 10.2. The van der Waals surface area contributed by atoms with Gasteiger partial charge in [-0.3, -0.25) is 0 Å². The standard InChI is InChI=1S/C41H48/c1-28-13-18-34(19-14-28)35-20-17-31(4)38(27-35)32(5)23-25-40(7,8)41(36-21-15-29(2)16-22-36)26-24-33(6)39(41)37-12-10-9-11-30(37)3/h9-22,24,26-27,32-33,39H,23,25H2,1-8H3. The van der Waals surface area contributed by atoms with Crippen molar-refractivity contribution in [2.45, 2.75) is 85.5 Å². The van der Waals surface area contributed by atoms with Crippen LogP contribution in [-0.4, -0.2) is 0 Å². The van der Waals surface area contributed by atoms with E-state index in [-0.39, 0.29) is 10.8 Å². The lowest BCUT2D eigenvalue weighted by atomic mass is 9.53. The zero-order chi connectivity index (χ0) is 29.4. The molecule has 0 N–H and O–H groups in total. The minimum absolute atomic E-state index is 0.0488. The molecule has 0 amide bonds. The molecule has 1 aliphatic carbocycles. The average Bonchev–Trinajstić information content (AvgIpc) is 3.31. The molecule has 5 rings (SSSR count). The van der Waals surface area contributed by atoms with Crippen molar-refractivity contribution in [1.82, 2.24) is 0 Å². The van der Waals surface area contributed by atoms with Crippen molar-refractivity contribution < 1.29 is 0 Å². The summed E-state index contributed by atoms with van der Waals surface area (Å²) in [6.07, 6.45) is 7.39. The molecular weight excluding hydrogens is 492 g/mol.